The number of aromatic nitrogens is 2. The molecule has 0 aliphatic carbocycles. The summed E-state index contributed by atoms with van der Waals surface area (Å²) in [4.78, 5) is 7.92. The summed E-state index contributed by atoms with van der Waals surface area (Å²) in [5, 5.41) is 0.601. The van der Waals surface area contributed by atoms with E-state index in [1.165, 1.54) is 0 Å². The standard InChI is InChI=1S/C10H8ClN3/c11-9-5-10(12)14-6-8(9)7-1-3-13-4-2-7/h1-6H,(H2,12,14). The average Bonchev–Trinajstić information content (AvgIpc) is 2.19. The third-order valence-corrected chi connectivity index (χ3v) is 2.18. The first-order valence-electron chi connectivity index (χ1n) is 4.09. The van der Waals surface area contributed by atoms with Gasteiger partial charge < -0.3 is 5.73 Å². The van der Waals surface area contributed by atoms with Crippen molar-refractivity contribution in [1.29, 1.82) is 0 Å². The molecular formula is C10H8ClN3. The van der Waals surface area contributed by atoms with Crippen molar-refractivity contribution in [2.45, 2.75) is 0 Å². The van der Waals surface area contributed by atoms with Gasteiger partial charge in [-0.2, -0.15) is 0 Å². The molecule has 0 saturated heterocycles. The van der Waals surface area contributed by atoms with Crippen molar-refractivity contribution in [1.82, 2.24) is 9.97 Å². The Labute approximate surface area is 86.6 Å². The molecule has 4 heteroatoms. The summed E-state index contributed by atoms with van der Waals surface area (Å²) in [5.74, 6) is 0.424. The van der Waals surface area contributed by atoms with Gasteiger partial charge in [0.25, 0.3) is 0 Å². The van der Waals surface area contributed by atoms with Crippen LogP contribution < -0.4 is 5.73 Å². The lowest BCUT2D eigenvalue weighted by Crippen LogP contribution is -1.90. The topological polar surface area (TPSA) is 51.8 Å². The van der Waals surface area contributed by atoms with Gasteiger partial charge >= 0.3 is 0 Å². The maximum Gasteiger partial charge on any atom is 0.124 e. The lowest BCUT2D eigenvalue weighted by molar-refractivity contribution is 1.31. The van der Waals surface area contributed by atoms with Gasteiger partial charge in [-0.1, -0.05) is 11.6 Å². The highest BCUT2D eigenvalue weighted by molar-refractivity contribution is 6.33. The van der Waals surface area contributed by atoms with E-state index in [9.17, 15) is 0 Å². The summed E-state index contributed by atoms with van der Waals surface area (Å²) in [6.45, 7) is 0. The highest BCUT2D eigenvalue weighted by Crippen LogP contribution is 2.27. The molecule has 0 spiro atoms. The largest absolute Gasteiger partial charge is 0.384 e. The van der Waals surface area contributed by atoms with Crippen molar-refractivity contribution in [3.63, 3.8) is 0 Å². The Bertz CT molecular complexity index is 442. The number of anilines is 1. The van der Waals surface area contributed by atoms with Gasteiger partial charge in [0, 0.05) is 24.2 Å². The van der Waals surface area contributed by atoms with Crippen LogP contribution in [0.25, 0.3) is 11.1 Å². The number of hydrogen-bond donors (Lipinski definition) is 1. The number of nitrogen functional groups attached to an aromatic ring is 1. The van der Waals surface area contributed by atoms with Crippen LogP contribution in [0.2, 0.25) is 5.02 Å². The molecule has 0 bridgehead atoms. The second-order valence-corrected chi connectivity index (χ2v) is 3.23. The normalized spacial score (nSPS) is 10.1. The van der Waals surface area contributed by atoms with Crippen LogP contribution in [0.4, 0.5) is 5.82 Å². The van der Waals surface area contributed by atoms with Gasteiger partial charge in [0.2, 0.25) is 0 Å². The first-order valence-corrected chi connectivity index (χ1v) is 4.46. The minimum absolute atomic E-state index is 0.424. The Hall–Kier alpha value is -1.61. The van der Waals surface area contributed by atoms with Crippen LogP contribution in [0.5, 0.6) is 0 Å². The maximum atomic E-state index is 6.02. The molecule has 2 aromatic rings. The molecule has 0 unspecified atom stereocenters. The van der Waals surface area contributed by atoms with Gasteiger partial charge in [-0.15, -0.1) is 0 Å². The number of nitrogens with two attached hydrogens (primary N) is 1. The van der Waals surface area contributed by atoms with Crippen molar-refractivity contribution in [3.8, 4) is 11.1 Å². The number of rotatable bonds is 1. The van der Waals surface area contributed by atoms with E-state index in [1.54, 1.807) is 24.7 Å². The van der Waals surface area contributed by atoms with E-state index >= 15 is 0 Å². The zero-order valence-electron chi connectivity index (χ0n) is 7.31. The number of pyridine rings is 2. The fourth-order valence-electron chi connectivity index (χ4n) is 1.19. The summed E-state index contributed by atoms with van der Waals surface area (Å²) in [6.07, 6.45) is 5.08. The third-order valence-electron chi connectivity index (χ3n) is 1.87. The lowest BCUT2D eigenvalue weighted by atomic mass is 10.1. The minimum atomic E-state index is 0.424. The molecule has 0 aliphatic heterocycles. The van der Waals surface area contributed by atoms with Gasteiger partial charge in [0.05, 0.1) is 5.02 Å². The van der Waals surface area contributed by atoms with E-state index in [0.717, 1.165) is 11.1 Å². The van der Waals surface area contributed by atoms with Crippen LogP contribution in [0.3, 0.4) is 0 Å². The van der Waals surface area contributed by atoms with Gasteiger partial charge in [-0.05, 0) is 23.8 Å². The highest BCUT2D eigenvalue weighted by atomic mass is 35.5. The quantitative estimate of drug-likeness (QED) is 0.778. The van der Waals surface area contributed by atoms with Crippen molar-refractivity contribution >= 4 is 17.4 Å². The van der Waals surface area contributed by atoms with Crippen molar-refractivity contribution < 1.29 is 0 Å². The SMILES string of the molecule is Nc1cc(Cl)c(-c2ccncc2)cn1. The van der Waals surface area contributed by atoms with Crippen molar-refractivity contribution in [2.24, 2.45) is 0 Å². The zero-order valence-corrected chi connectivity index (χ0v) is 8.07. The van der Waals surface area contributed by atoms with Crippen molar-refractivity contribution in [3.05, 3.63) is 41.8 Å². The van der Waals surface area contributed by atoms with E-state index < -0.39 is 0 Å². The van der Waals surface area contributed by atoms with Gasteiger partial charge in [-0.3, -0.25) is 4.98 Å². The summed E-state index contributed by atoms with van der Waals surface area (Å²) < 4.78 is 0. The molecule has 0 atom stereocenters. The van der Waals surface area contributed by atoms with E-state index in [2.05, 4.69) is 9.97 Å². The van der Waals surface area contributed by atoms with Gasteiger partial charge in [-0.25, -0.2) is 4.98 Å². The first-order chi connectivity index (χ1) is 6.77. The molecule has 0 aliphatic rings. The van der Waals surface area contributed by atoms with E-state index in [1.807, 2.05) is 12.1 Å². The van der Waals surface area contributed by atoms with Crippen LogP contribution in [0, 0.1) is 0 Å². The lowest BCUT2D eigenvalue weighted by Gasteiger charge is -2.03. The highest BCUT2D eigenvalue weighted by Gasteiger charge is 2.03. The number of nitrogens with zero attached hydrogens (tertiary/aromatic N) is 2. The molecule has 70 valence electrons. The van der Waals surface area contributed by atoms with Crippen LogP contribution in [-0.2, 0) is 0 Å². The summed E-state index contributed by atoms with van der Waals surface area (Å²) in [5.41, 5.74) is 7.35. The average molecular weight is 206 g/mol. The fraction of sp³-hybridized carbons (Fsp3) is 0. The second kappa shape index (κ2) is 3.64. The summed E-state index contributed by atoms with van der Waals surface area (Å²) in [6, 6.07) is 5.38. The summed E-state index contributed by atoms with van der Waals surface area (Å²) >= 11 is 6.02. The fourth-order valence-corrected chi connectivity index (χ4v) is 1.46. The Morgan fingerprint density at radius 1 is 1.21 bits per heavy atom. The van der Waals surface area contributed by atoms with Crippen LogP contribution in [-0.4, -0.2) is 9.97 Å². The molecule has 2 heterocycles. The molecule has 0 amide bonds. The molecular weight excluding hydrogens is 198 g/mol. The Kier molecular flexibility index (Phi) is 2.33. The second-order valence-electron chi connectivity index (χ2n) is 2.82. The molecule has 0 radical (unpaired) electrons. The number of hydrogen-bond acceptors (Lipinski definition) is 3. The molecule has 2 N–H and O–H groups in total. The van der Waals surface area contributed by atoms with Crippen LogP contribution in [0.1, 0.15) is 0 Å². The Morgan fingerprint density at radius 2 is 1.93 bits per heavy atom. The molecule has 2 aromatic heterocycles. The molecule has 3 nitrogen and oxygen atoms in total. The molecule has 0 aromatic carbocycles. The maximum absolute atomic E-state index is 6.02. The van der Waals surface area contributed by atoms with E-state index in [-0.39, 0.29) is 0 Å². The Morgan fingerprint density at radius 3 is 2.57 bits per heavy atom. The van der Waals surface area contributed by atoms with Crippen LogP contribution in [0.15, 0.2) is 36.8 Å². The number of halogens is 1. The predicted octanol–water partition coefficient (Wildman–Crippen LogP) is 2.38. The zero-order chi connectivity index (χ0) is 9.97. The first kappa shape index (κ1) is 8.97. The van der Waals surface area contributed by atoms with Gasteiger partial charge in [0.15, 0.2) is 0 Å². The van der Waals surface area contributed by atoms with E-state index in [4.69, 9.17) is 17.3 Å². The molecule has 0 saturated carbocycles. The Balaban J connectivity index is 2.53. The minimum Gasteiger partial charge on any atom is -0.384 e. The van der Waals surface area contributed by atoms with Crippen LogP contribution >= 0.6 is 11.6 Å². The summed E-state index contributed by atoms with van der Waals surface area (Å²) in [7, 11) is 0. The molecule has 2 rings (SSSR count). The predicted molar refractivity (Wildman–Crippen MR) is 56.9 cm³/mol. The monoisotopic (exact) mass is 205 g/mol. The van der Waals surface area contributed by atoms with Crippen molar-refractivity contribution in [2.75, 3.05) is 5.73 Å². The molecule has 0 fully saturated rings. The molecule has 14 heavy (non-hydrogen) atoms. The van der Waals surface area contributed by atoms with Gasteiger partial charge in [0.1, 0.15) is 5.82 Å². The van der Waals surface area contributed by atoms with E-state index in [0.29, 0.717) is 10.8 Å². The smallest absolute Gasteiger partial charge is 0.124 e. The third kappa shape index (κ3) is 1.67.